The number of hydrogen-bond acceptors (Lipinski definition) is 6. The van der Waals surface area contributed by atoms with Gasteiger partial charge in [0.2, 0.25) is 5.89 Å². The normalized spacial score (nSPS) is 11.4. The van der Waals surface area contributed by atoms with E-state index in [0.717, 1.165) is 41.2 Å². The fourth-order valence-electron chi connectivity index (χ4n) is 2.78. The largest absolute Gasteiger partial charge is 0.486 e. The second kappa shape index (κ2) is 9.28. The zero-order chi connectivity index (χ0) is 20.1. The lowest BCUT2D eigenvalue weighted by molar-refractivity contribution is 0.284. The van der Waals surface area contributed by atoms with E-state index < -0.39 is 0 Å². The summed E-state index contributed by atoms with van der Waals surface area (Å²) in [6, 6.07) is 8.20. The van der Waals surface area contributed by atoms with Gasteiger partial charge in [0.05, 0.1) is 11.4 Å². The Bertz CT molecular complexity index is 880. The molecule has 1 aromatic carbocycles. The molecule has 0 aliphatic heterocycles. The van der Waals surface area contributed by atoms with Crippen LogP contribution in [-0.2, 0) is 25.3 Å². The molecule has 3 rings (SSSR count). The molecule has 0 fully saturated rings. The molecule has 0 atom stereocenters. The van der Waals surface area contributed by atoms with Crippen molar-refractivity contribution >= 4 is 11.8 Å². The lowest BCUT2D eigenvalue weighted by atomic mass is 10.2. The van der Waals surface area contributed by atoms with Crippen molar-refractivity contribution < 1.29 is 9.15 Å². The SMILES string of the molecule is CCc1ccc(OCc2nnc(SCc3nc(C)c(C)o3)n2CC(C)C)cc1. The highest BCUT2D eigenvalue weighted by Gasteiger charge is 2.16. The van der Waals surface area contributed by atoms with Crippen molar-refractivity contribution in [2.75, 3.05) is 0 Å². The van der Waals surface area contributed by atoms with Crippen LogP contribution in [0.1, 0.15) is 49.5 Å². The van der Waals surface area contributed by atoms with Gasteiger partial charge in [0.25, 0.3) is 0 Å². The molecule has 7 heteroatoms. The molecule has 0 amide bonds. The van der Waals surface area contributed by atoms with Gasteiger partial charge < -0.3 is 13.7 Å². The van der Waals surface area contributed by atoms with Crippen molar-refractivity contribution in [3.05, 3.63) is 53.0 Å². The Morgan fingerprint density at radius 1 is 1.14 bits per heavy atom. The molecule has 150 valence electrons. The number of aromatic nitrogens is 4. The molecule has 0 aliphatic rings. The first-order chi connectivity index (χ1) is 13.5. The van der Waals surface area contributed by atoms with Crippen LogP contribution >= 0.6 is 11.8 Å². The van der Waals surface area contributed by atoms with Crippen LogP contribution in [0, 0.1) is 19.8 Å². The highest BCUT2D eigenvalue weighted by Crippen LogP contribution is 2.24. The molecular formula is C21H28N4O2S. The van der Waals surface area contributed by atoms with Gasteiger partial charge in [-0.15, -0.1) is 10.2 Å². The lowest BCUT2D eigenvalue weighted by Gasteiger charge is -2.13. The number of benzene rings is 1. The number of aryl methyl sites for hydroxylation is 3. The molecule has 0 spiro atoms. The summed E-state index contributed by atoms with van der Waals surface area (Å²) in [5.41, 5.74) is 2.23. The smallest absolute Gasteiger partial charge is 0.205 e. The van der Waals surface area contributed by atoms with Gasteiger partial charge >= 0.3 is 0 Å². The summed E-state index contributed by atoms with van der Waals surface area (Å²) in [4.78, 5) is 4.44. The maximum Gasteiger partial charge on any atom is 0.205 e. The summed E-state index contributed by atoms with van der Waals surface area (Å²) >= 11 is 1.59. The average molecular weight is 401 g/mol. The van der Waals surface area contributed by atoms with Crippen LogP contribution in [0.5, 0.6) is 5.75 Å². The molecule has 0 aliphatic carbocycles. The Hall–Kier alpha value is -2.28. The van der Waals surface area contributed by atoms with Crippen LogP contribution in [0.2, 0.25) is 0 Å². The van der Waals surface area contributed by atoms with Crippen LogP contribution < -0.4 is 4.74 Å². The van der Waals surface area contributed by atoms with Gasteiger partial charge in [-0.3, -0.25) is 0 Å². The van der Waals surface area contributed by atoms with E-state index in [1.54, 1.807) is 11.8 Å². The number of rotatable bonds is 9. The third kappa shape index (κ3) is 5.16. The summed E-state index contributed by atoms with van der Waals surface area (Å²) in [5.74, 6) is 4.36. The number of nitrogens with zero attached hydrogens (tertiary/aromatic N) is 4. The Balaban J connectivity index is 1.69. The van der Waals surface area contributed by atoms with Crippen molar-refractivity contribution in [2.24, 2.45) is 5.92 Å². The Labute approximate surface area is 170 Å². The van der Waals surface area contributed by atoms with Crippen molar-refractivity contribution in [1.29, 1.82) is 0 Å². The minimum absolute atomic E-state index is 0.392. The Kier molecular flexibility index (Phi) is 6.78. The Morgan fingerprint density at radius 2 is 1.89 bits per heavy atom. The first-order valence-corrected chi connectivity index (χ1v) is 10.6. The second-order valence-corrected chi connectivity index (χ2v) is 8.17. The number of oxazole rings is 1. The molecule has 0 saturated heterocycles. The van der Waals surface area contributed by atoms with Crippen molar-refractivity contribution in [3.63, 3.8) is 0 Å². The number of ether oxygens (including phenoxy) is 1. The number of thioether (sulfide) groups is 1. The quantitative estimate of drug-likeness (QED) is 0.472. The molecule has 0 unspecified atom stereocenters. The van der Waals surface area contributed by atoms with Crippen molar-refractivity contribution in [2.45, 2.75) is 65.1 Å². The van der Waals surface area contributed by atoms with E-state index >= 15 is 0 Å². The van der Waals surface area contributed by atoms with E-state index in [9.17, 15) is 0 Å². The van der Waals surface area contributed by atoms with E-state index in [-0.39, 0.29) is 0 Å². The van der Waals surface area contributed by atoms with Crippen LogP contribution in [0.25, 0.3) is 0 Å². The minimum atomic E-state index is 0.392. The number of hydrogen-bond donors (Lipinski definition) is 0. The second-order valence-electron chi connectivity index (χ2n) is 7.23. The lowest BCUT2D eigenvalue weighted by Crippen LogP contribution is -2.12. The highest BCUT2D eigenvalue weighted by atomic mass is 32.2. The van der Waals surface area contributed by atoms with Crippen molar-refractivity contribution in [3.8, 4) is 5.75 Å². The van der Waals surface area contributed by atoms with E-state index in [0.29, 0.717) is 24.2 Å². The predicted octanol–water partition coefficient (Wildman–Crippen LogP) is 4.97. The topological polar surface area (TPSA) is 66.0 Å². The monoisotopic (exact) mass is 400 g/mol. The fourth-order valence-corrected chi connectivity index (χ4v) is 3.59. The highest BCUT2D eigenvalue weighted by molar-refractivity contribution is 7.98. The molecule has 6 nitrogen and oxygen atoms in total. The molecule has 0 saturated carbocycles. The molecule has 28 heavy (non-hydrogen) atoms. The van der Waals surface area contributed by atoms with Crippen LogP contribution in [-0.4, -0.2) is 19.7 Å². The fraction of sp³-hybridized carbons (Fsp3) is 0.476. The van der Waals surface area contributed by atoms with Gasteiger partial charge in [-0.05, 0) is 43.9 Å². The molecule has 2 heterocycles. The van der Waals surface area contributed by atoms with Crippen molar-refractivity contribution in [1.82, 2.24) is 19.7 Å². The van der Waals surface area contributed by atoms with Gasteiger partial charge in [-0.1, -0.05) is 44.7 Å². The first-order valence-electron chi connectivity index (χ1n) is 9.65. The van der Waals surface area contributed by atoms with E-state index in [4.69, 9.17) is 9.15 Å². The zero-order valence-electron chi connectivity index (χ0n) is 17.2. The summed E-state index contributed by atoms with van der Waals surface area (Å²) < 4.78 is 13.8. The van der Waals surface area contributed by atoms with E-state index in [2.05, 4.69) is 52.7 Å². The van der Waals surface area contributed by atoms with Gasteiger partial charge in [-0.2, -0.15) is 0 Å². The maximum absolute atomic E-state index is 5.95. The zero-order valence-corrected chi connectivity index (χ0v) is 18.0. The van der Waals surface area contributed by atoms with Gasteiger partial charge in [0.15, 0.2) is 11.0 Å². The van der Waals surface area contributed by atoms with Gasteiger partial charge in [0.1, 0.15) is 18.1 Å². The molecule has 2 aromatic heterocycles. The van der Waals surface area contributed by atoms with Crippen LogP contribution in [0.3, 0.4) is 0 Å². The van der Waals surface area contributed by atoms with E-state index in [1.165, 1.54) is 5.56 Å². The summed E-state index contributed by atoms with van der Waals surface area (Å²) in [6.45, 7) is 11.6. The molecule has 0 bridgehead atoms. The predicted molar refractivity (Wildman–Crippen MR) is 111 cm³/mol. The molecule has 0 radical (unpaired) electrons. The van der Waals surface area contributed by atoms with Gasteiger partial charge in [-0.25, -0.2) is 4.98 Å². The molecular weight excluding hydrogens is 372 g/mol. The average Bonchev–Trinajstić information content (AvgIpc) is 3.20. The van der Waals surface area contributed by atoms with Crippen LogP contribution in [0.15, 0.2) is 33.8 Å². The maximum atomic E-state index is 5.95. The Morgan fingerprint density at radius 3 is 2.50 bits per heavy atom. The summed E-state index contributed by atoms with van der Waals surface area (Å²) in [7, 11) is 0. The minimum Gasteiger partial charge on any atom is -0.486 e. The summed E-state index contributed by atoms with van der Waals surface area (Å²) in [6.07, 6.45) is 1.02. The van der Waals surface area contributed by atoms with Crippen LogP contribution in [0.4, 0.5) is 0 Å². The standard InChI is InChI=1S/C21H28N4O2S/c1-6-17-7-9-18(10-8-17)26-12-19-23-24-21(25(19)11-14(2)3)28-13-20-22-15(4)16(5)27-20/h7-10,14H,6,11-13H2,1-5H3. The molecule has 3 aromatic rings. The third-order valence-electron chi connectivity index (χ3n) is 4.44. The first kappa shape index (κ1) is 20.5. The summed E-state index contributed by atoms with van der Waals surface area (Å²) in [5, 5.41) is 9.61. The molecule has 0 N–H and O–H groups in total. The van der Waals surface area contributed by atoms with E-state index in [1.807, 2.05) is 26.0 Å². The third-order valence-corrected chi connectivity index (χ3v) is 5.39. The van der Waals surface area contributed by atoms with Gasteiger partial charge in [0, 0.05) is 6.54 Å².